The summed E-state index contributed by atoms with van der Waals surface area (Å²) < 4.78 is 13.0. The molecule has 4 rings (SSSR count). The van der Waals surface area contributed by atoms with Gasteiger partial charge in [0.25, 0.3) is 0 Å². The summed E-state index contributed by atoms with van der Waals surface area (Å²) >= 11 is 8.12. The molecule has 0 aliphatic carbocycles. The van der Waals surface area contributed by atoms with Gasteiger partial charge < -0.3 is 20.6 Å². The van der Waals surface area contributed by atoms with E-state index in [1.165, 1.54) is 11.8 Å². The summed E-state index contributed by atoms with van der Waals surface area (Å²) in [6.45, 7) is 4.08. The lowest BCUT2D eigenvalue weighted by atomic mass is 9.75. The van der Waals surface area contributed by atoms with E-state index < -0.39 is 12.7 Å². The van der Waals surface area contributed by atoms with Crippen molar-refractivity contribution in [2.45, 2.75) is 54.6 Å². The Morgan fingerprint density at radius 3 is 2.72 bits per heavy atom. The van der Waals surface area contributed by atoms with Gasteiger partial charge in [0.2, 0.25) is 0 Å². The van der Waals surface area contributed by atoms with Crippen molar-refractivity contribution in [3.63, 3.8) is 0 Å². The molecule has 10 heteroatoms. The van der Waals surface area contributed by atoms with E-state index >= 15 is 0 Å². The van der Waals surface area contributed by atoms with Crippen LogP contribution < -0.4 is 15.5 Å². The molecule has 2 aromatic rings. The monoisotopic (exact) mass is 480 g/mol. The summed E-state index contributed by atoms with van der Waals surface area (Å²) in [6, 6.07) is 1.51. The number of rotatable bonds is 7. The lowest BCUT2D eigenvalue weighted by molar-refractivity contribution is 0.169. The molecule has 7 nitrogen and oxygen atoms in total. The Balaban J connectivity index is 1.42. The van der Waals surface area contributed by atoms with Crippen LogP contribution in [-0.2, 0) is 0 Å². The molecule has 0 aromatic carbocycles. The van der Waals surface area contributed by atoms with Gasteiger partial charge >= 0.3 is 0 Å². The Kier molecular flexibility index (Phi) is 7.39. The first-order valence-corrected chi connectivity index (χ1v) is 12.2. The number of aliphatic hydroxyl groups is 1. The van der Waals surface area contributed by atoms with E-state index in [1.807, 2.05) is 6.07 Å². The first-order valence-electron chi connectivity index (χ1n) is 11.0. The number of nitrogens with two attached hydrogens (primary N) is 1. The number of hydrogen-bond acceptors (Lipinski definition) is 8. The zero-order valence-electron chi connectivity index (χ0n) is 18.3. The zero-order valence-corrected chi connectivity index (χ0v) is 19.8. The third-order valence-corrected chi connectivity index (χ3v) is 8.28. The first kappa shape index (κ1) is 23.5. The van der Waals surface area contributed by atoms with Gasteiger partial charge in [0.1, 0.15) is 23.3 Å². The highest BCUT2D eigenvalue weighted by Crippen LogP contribution is 2.39. The van der Waals surface area contributed by atoms with Crippen LogP contribution in [0.4, 0.5) is 16.0 Å². The van der Waals surface area contributed by atoms with E-state index in [2.05, 4.69) is 31.7 Å². The van der Waals surface area contributed by atoms with Crippen LogP contribution in [0.15, 0.2) is 34.6 Å². The second-order valence-electron chi connectivity index (χ2n) is 8.84. The minimum atomic E-state index is -0.486. The molecule has 0 amide bonds. The molecule has 2 aliphatic rings. The molecule has 4 heterocycles. The number of alkyl halides is 1. The molecule has 2 saturated heterocycles. The summed E-state index contributed by atoms with van der Waals surface area (Å²) in [6.07, 6.45) is 8.89. The quantitative estimate of drug-likeness (QED) is 0.621. The van der Waals surface area contributed by atoms with Crippen molar-refractivity contribution in [1.29, 1.82) is 0 Å². The van der Waals surface area contributed by atoms with Gasteiger partial charge in [-0.2, -0.15) is 0 Å². The number of aromatic nitrogens is 3. The summed E-state index contributed by atoms with van der Waals surface area (Å²) in [7, 11) is 0. The van der Waals surface area contributed by atoms with Crippen LogP contribution in [0.25, 0.3) is 0 Å². The Morgan fingerprint density at radius 2 is 2.06 bits per heavy atom. The fraction of sp³-hybridized carbons (Fsp3) is 0.591. The van der Waals surface area contributed by atoms with Crippen LogP contribution >= 0.6 is 23.4 Å². The van der Waals surface area contributed by atoms with E-state index in [9.17, 15) is 9.50 Å². The molecule has 0 bridgehead atoms. The molecule has 2 aliphatic heterocycles. The number of hydrogen-bond donors (Lipinski definition) is 2. The van der Waals surface area contributed by atoms with Crippen LogP contribution in [0.2, 0.25) is 5.02 Å². The number of pyridine rings is 1. The van der Waals surface area contributed by atoms with Crippen molar-refractivity contribution in [3.8, 4) is 0 Å². The Labute approximate surface area is 197 Å². The Bertz CT molecular complexity index is 912. The molecule has 2 atom stereocenters. The molecular weight excluding hydrogens is 451 g/mol. The van der Waals surface area contributed by atoms with E-state index in [1.54, 1.807) is 18.6 Å². The maximum atomic E-state index is 13.0. The smallest absolute Gasteiger partial charge is 0.148 e. The van der Waals surface area contributed by atoms with Crippen LogP contribution in [0.3, 0.4) is 0 Å². The van der Waals surface area contributed by atoms with Gasteiger partial charge in [0.15, 0.2) is 0 Å². The van der Waals surface area contributed by atoms with Gasteiger partial charge in [-0.3, -0.25) is 0 Å². The molecule has 2 unspecified atom stereocenters. The minimum absolute atomic E-state index is 0.0604. The van der Waals surface area contributed by atoms with Crippen molar-refractivity contribution in [1.82, 2.24) is 15.0 Å². The molecule has 0 spiro atoms. The normalized spacial score (nSPS) is 21.7. The Hall–Kier alpha value is -1.68. The summed E-state index contributed by atoms with van der Waals surface area (Å²) in [5.41, 5.74) is 5.81. The van der Waals surface area contributed by atoms with Crippen molar-refractivity contribution in [2.24, 2.45) is 11.1 Å². The standard InChI is InChI=1S/C22H30ClFN6OS/c1-22(17(25)11-24)5-9-29(10-6-22)18-12-28-19(13-27-18)32-16-4-7-26-21(20(16)23)30-8-2-3-15(30)14-31/h4,7,12-13,15,17,31H,2-3,5-6,8-11,14,25H2,1H3. The van der Waals surface area contributed by atoms with E-state index in [0.717, 1.165) is 61.1 Å². The van der Waals surface area contributed by atoms with Crippen molar-refractivity contribution in [2.75, 3.05) is 42.7 Å². The third kappa shape index (κ3) is 4.81. The molecule has 3 N–H and O–H groups in total. The van der Waals surface area contributed by atoms with Crippen LogP contribution in [0.5, 0.6) is 0 Å². The van der Waals surface area contributed by atoms with E-state index in [0.29, 0.717) is 10.8 Å². The number of halogens is 2. The largest absolute Gasteiger partial charge is 0.394 e. The topological polar surface area (TPSA) is 91.4 Å². The van der Waals surface area contributed by atoms with Crippen LogP contribution in [0.1, 0.15) is 32.6 Å². The van der Waals surface area contributed by atoms with Crippen molar-refractivity contribution >= 4 is 35.0 Å². The molecule has 0 radical (unpaired) electrons. The SMILES string of the molecule is CC1(C(N)CF)CCN(c2cnc(Sc3ccnc(N4CCCC4CO)c3Cl)cn2)CC1. The van der Waals surface area contributed by atoms with E-state index in [4.69, 9.17) is 17.3 Å². The second kappa shape index (κ2) is 10.1. The lowest BCUT2D eigenvalue weighted by Gasteiger charge is -2.42. The molecule has 0 saturated carbocycles. The van der Waals surface area contributed by atoms with Gasteiger partial charge in [-0.25, -0.2) is 19.3 Å². The van der Waals surface area contributed by atoms with Gasteiger partial charge in [-0.05, 0) is 37.2 Å². The fourth-order valence-electron chi connectivity index (χ4n) is 4.44. The second-order valence-corrected chi connectivity index (χ2v) is 10.3. The maximum absolute atomic E-state index is 13.0. The van der Waals surface area contributed by atoms with Crippen molar-refractivity contribution < 1.29 is 9.50 Å². The highest BCUT2D eigenvalue weighted by atomic mass is 35.5. The molecule has 174 valence electrons. The molecular formula is C22H30ClFN6OS. The predicted octanol–water partition coefficient (Wildman–Crippen LogP) is 3.54. The predicted molar refractivity (Wildman–Crippen MR) is 126 cm³/mol. The van der Waals surface area contributed by atoms with Gasteiger partial charge in [0, 0.05) is 36.8 Å². The lowest BCUT2D eigenvalue weighted by Crippen LogP contribution is -2.49. The fourth-order valence-corrected chi connectivity index (χ4v) is 5.52. The molecule has 2 fully saturated rings. The van der Waals surface area contributed by atoms with Crippen LogP contribution in [-0.4, -0.2) is 65.1 Å². The number of anilines is 2. The average molecular weight is 481 g/mol. The highest BCUT2D eigenvalue weighted by Gasteiger charge is 2.36. The Morgan fingerprint density at radius 1 is 1.28 bits per heavy atom. The number of aliphatic hydroxyl groups excluding tert-OH is 1. The number of nitrogens with zero attached hydrogens (tertiary/aromatic N) is 5. The van der Waals surface area contributed by atoms with Gasteiger partial charge in [0.05, 0.1) is 30.1 Å². The molecule has 2 aromatic heterocycles. The third-order valence-electron chi connectivity index (χ3n) is 6.82. The van der Waals surface area contributed by atoms with Gasteiger partial charge in [-0.15, -0.1) is 0 Å². The highest BCUT2D eigenvalue weighted by molar-refractivity contribution is 7.99. The number of piperidine rings is 1. The van der Waals surface area contributed by atoms with E-state index in [-0.39, 0.29) is 18.1 Å². The van der Waals surface area contributed by atoms with Crippen molar-refractivity contribution in [3.05, 3.63) is 29.7 Å². The minimum Gasteiger partial charge on any atom is -0.394 e. The average Bonchev–Trinajstić information content (AvgIpc) is 3.29. The zero-order chi connectivity index (χ0) is 22.7. The van der Waals surface area contributed by atoms with Crippen LogP contribution in [0, 0.1) is 5.41 Å². The summed E-state index contributed by atoms with van der Waals surface area (Å²) in [5, 5.41) is 10.9. The summed E-state index contributed by atoms with van der Waals surface area (Å²) in [5.74, 6) is 1.52. The molecule has 32 heavy (non-hydrogen) atoms. The summed E-state index contributed by atoms with van der Waals surface area (Å²) in [4.78, 5) is 18.8. The maximum Gasteiger partial charge on any atom is 0.148 e. The van der Waals surface area contributed by atoms with Gasteiger partial charge in [-0.1, -0.05) is 30.3 Å². The first-order chi connectivity index (χ1) is 15.4.